The Morgan fingerprint density at radius 1 is 1.18 bits per heavy atom. The number of rotatable bonds is 7. The molecule has 0 radical (unpaired) electrons. The van der Waals surface area contributed by atoms with Crippen molar-refractivity contribution < 1.29 is 0 Å². The maximum atomic E-state index is 4.27. The lowest BCUT2D eigenvalue weighted by Crippen LogP contribution is -2.51. The highest BCUT2D eigenvalue weighted by molar-refractivity contribution is 7.99. The zero-order chi connectivity index (χ0) is 15.0. The molecule has 1 atom stereocenters. The van der Waals surface area contributed by atoms with Gasteiger partial charge in [0.1, 0.15) is 0 Å². The predicted octanol–water partition coefficient (Wildman–Crippen LogP) is 5.00. The van der Waals surface area contributed by atoms with Crippen molar-refractivity contribution in [1.29, 1.82) is 0 Å². The molecule has 0 saturated heterocycles. The molecule has 4 bridgehead atoms. The van der Waals surface area contributed by atoms with Gasteiger partial charge in [-0.2, -0.15) is 11.8 Å². The van der Waals surface area contributed by atoms with Crippen LogP contribution in [0.5, 0.6) is 0 Å². The van der Waals surface area contributed by atoms with Crippen molar-refractivity contribution in [3.05, 3.63) is 18.7 Å². The standard InChI is InChI=1S/C19H30N2S/c1-2-3-6-22-18(13-21-5-4-20-14-21)19-10-15-7-16(11-19)9-17(8-15)12-19/h4-5,14-18H,2-3,6-13H2,1H3. The minimum absolute atomic E-state index is 0.650. The molecule has 1 aromatic rings. The van der Waals surface area contributed by atoms with E-state index < -0.39 is 0 Å². The lowest BCUT2D eigenvalue weighted by atomic mass is 9.48. The van der Waals surface area contributed by atoms with E-state index >= 15 is 0 Å². The maximum Gasteiger partial charge on any atom is 0.0946 e. The molecule has 0 N–H and O–H groups in total. The molecule has 1 heterocycles. The van der Waals surface area contributed by atoms with Crippen LogP contribution in [0.2, 0.25) is 0 Å². The quantitative estimate of drug-likeness (QED) is 0.658. The zero-order valence-corrected chi connectivity index (χ0v) is 14.7. The Kier molecular flexibility index (Phi) is 4.27. The summed E-state index contributed by atoms with van der Waals surface area (Å²) < 4.78 is 2.34. The average molecular weight is 319 g/mol. The largest absolute Gasteiger partial charge is 0.336 e. The van der Waals surface area contributed by atoms with Crippen molar-refractivity contribution in [3.63, 3.8) is 0 Å². The molecule has 3 heteroatoms. The van der Waals surface area contributed by atoms with E-state index in [1.165, 1.54) is 44.4 Å². The van der Waals surface area contributed by atoms with Gasteiger partial charge in [-0.1, -0.05) is 13.3 Å². The predicted molar refractivity (Wildman–Crippen MR) is 94.0 cm³/mol. The Balaban J connectivity index is 1.53. The maximum absolute atomic E-state index is 4.27. The molecule has 0 aliphatic heterocycles. The Morgan fingerprint density at radius 3 is 2.41 bits per heavy atom. The first-order valence-electron chi connectivity index (χ1n) is 9.35. The molecule has 4 aliphatic rings. The third kappa shape index (κ3) is 2.86. The number of aromatic nitrogens is 2. The zero-order valence-electron chi connectivity index (χ0n) is 13.9. The van der Waals surface area contributed by atoms with Gasteiger partial charge in [0, 0.05) is 24.2 Å². The van der Waals surface area contributed by atoms with Crippen molar-refractivity contribution in [3.8, 4) is 0 Å². The second-order valence-corrected chi connectivity index (χ2v) is 9.56. The fraction of sp³-hybridized carbons (Fsp3) is 0.842. The molecule has 4 fully saturated rings. The number of nitrogens with zero attached hydrogens (tertiary/aromatic N) is 2. The van der Waals surface area contributed by atoms with E-state index in [0.717, 1.165) is 23.0 Å². The molecule has 0 aromatic carbocycles. The first-order valence-corrected chi connectivity index (χ1v) is 10.4. The molecule has 0 amide bonds. The number of unbranched alkanes of at least 4 members (excludes halogenated alkanes) is 1. The van der Waals surface area contributed by atoms with Gasteiger partial charge in [0.05, 0.1) is 6.33 Å². The minimum atomic E-state index is 0.650. The van der Waals surface area contributed by atoms with Gasteiger partial charge >= 0.3 is 0 Å². The lowest BCUT2D eigenvalue weighted by molar-refractivity contribution is -0.0553. The van der Waals surface area contributed by atoms with Gasteiger partial charge in [0.15, 0.2) is 0 Å². The molecule has 22 heavy (non-hydrogen) atoms. The Labute approximate surface area is 139 Å². The Morgan fingerprint density at radius 2 is 1.86 bits per heavy atom. The molecule has 1 unspecified atom stereocenters. The van der Waals surface area contributed by atoms with Crippen LogP contribution in [0.25, 0.3) is 0 Å². The van der Waals surface area contributed by atoms with Crippen LogP contribution >= 0.6 is 11.8 Å². The highest BCUT2D eigenvalue weighted by Crippen LogP contribution is 2.63. The first-order chi connectivity index (χ1) is 10.8. The van der Waals surface area contributed by atoms with Gasteiger partial charge in [0.2, 0.25) is 0 Å². The molecule has 2 nitrogen and oxygen atoms in total. The second-order valence-electron chi connectivity index (χ2n) is 8.25. The summed E-state index contributed by atoms with van der Waals surface area (Å²) in [5.41, 5.74) is 0.650. The summed E-state index contributed by atoms with van der Waals surface area (Å²) in [7, 11) is 0. The van der Waals surface area contributed by atoms with Crippen LogP contribution in [-0.2, 0) is 6.54 Å². The topological polar surface area (TPSA) is 17.8 Å². The molecule has 4 saturated carbocycles. The fourth-order valence-electron chi connectivity index (χ4n) is 5.95. The molecule has 5 rings (SSSR count). The van der Waals surface area contributed by atoms with E-state index in [4.69, 9.17) is 0 Å². The first kappa shape index (κ1) is 15.1. The molecule has 1 aromatic heterocycles. The van der Waals surface area contributed by atoms with E-state index in [0.29, 0.717) is 5.41 Å². The normalized spacial score (nSPS) is 37.6. The summed E-state index contributed by atoms with van der Waals surface area (Å²) in [5, 5.41) is 0.807. The van der Waals surface area contributed by atoms with E-state index in [-0.39, 0.29) is 0 Å². The number of thioether (sulfide) groups is 1. The van der Waals surface area contributed by atoms with Crippen molar-refractivity contribution >= 4 is 11.8 Å². The number of hydrogen-bond donors (Lipinski definition) is 0. The van der Waals surface area contributed by atoms with Crippen molar-refractivity contribution in [1.82, 2.24) is 9.55 Å². The van der Waals surface area contributed by atoms with Gasteiger partial charge in [-0.15, -0.1) is 0 Å². The van der Waals surface area contributed by atoms with E-state index in [2.05, 4.69) is 34.4 Å². The summed E-state index contributed by atoms with van der Waals surface area (Å²) in [4.78, 5) is 4.27. The smallest absolute Gasteiger partial charge is 0.0946 e. The molecule has 0 spiro atoms. The summed E-state index contributed by atoms with van der Waals surface area (Å²) >= 11 is 2.28. The van der Waals surface area contributed by atoms with Crippen molar-refractivity contribution in [2.24, 2.45) is 23.2 Å². The minimum Gasteiger partial charge on any atom is -0.336 e. The molecular weight excluding hydrogens is 288 g/mol. The van der Waals surface area contributed by atoms with Gasteiger partial charge in [-0.25, -0.2) is 4.98 Å². The Bertz CT molecular complexity index is 446. The van der Waals surface area contributed by atoms with Gasteiger partial charge in [0.25, 0.3) is 0 Å². The lowest BCUT2D eigenvalue weighted by Gasteiger charge is -2.59. The average Bonchev–Trinajstić information content (AvgIpc) is 2.98. The van der Waals surface area contributed by atoms with Crippen LogP contribution in [0.1, 0.15) is 58.3 Å². The van der Waals surface area contributed by atoms with E-state index in [9.17, 15) is 0 Å². The van der Waals surface area contributed by atoms with Crippen LogP contribution in [0.15, 0.2) is 18.7 Å². The monoisotopic (exact) mass is 318 g/mol. The number of imidazole rings is 1. The molecular formula is C19H30N2S. The Hall–Kier alpha value is -0.440. The number of hydrogen-bond acceptors (Lipinski definition) is 2. The third-order valence-corrected chi connectivity index (χ3v) is 8.10. The summed E-state index contributed by atoms with van der Waals surface area (Å²) in [6, 6.07) is 0. The van der Waals surface area contributed by atoms with Gasteiger partial charge in [-0.3, -0.25) is 0 Å². The van der Waals surface area contributed by atoms with Crippen molar-refractivity contribution in [2.75, 3.05) is 5.75 Å². The van der Waals surface area contributed by atoms with Crippen LogP contribution in [-0.4, -0.2) is 20.6 Å². The van der Waals surface area contributed by atoms with Crippen LogP contribution < -0.4 is 0 Å². The molecule has 4 aliphatic carbocycles. The SMILES string of the molecule is CCCCSC(Cn1ccnc1)C12CC3CC(CC(C3)C1)C2. The van der Waals surface area contributed by atoms with Gasteiger partial charge < -0.3 is 4.57 Å². The van der Waals surface area contributed by atoms with E-state index in [1.807, 2.05) is 12.5 Å². The van der Waals surface area contributed by atoms with Crippen LogP contribution in [0.3, 0.4) is 0 Å². The summed E-state index contributed by atoms with van der Waals surface area (Å²) in [6.07, 6.45) is 18.1. The second kappa shape index (κ2) is 6.22. The molecule has 122 valence electrons. The van der Waals surface area contributed by atoms with Crippen LogP contribution in [0, 0.1) is 23.2 Å². The highest BCUT2D eigenvalue weighted by atomic mass is 32.2. The van der Waals surface area contributed by atoms with Crippen molar-refractivity contribution in [2.45, 2.75) is 70.1 Å². The fourth-order valence-corrected chi connectivity index (χ4v) is 7.61. The van der Waals surface area contributed by atoms with E-state index in [1.54, 1.807) is 19.3 Å². The van der Waals surface area contributed by atoms with Crippen LogP contribution in [0.4, 0.5) is 0 Å². The third-order valence-electron chi connectivity index (χ3n) is 6.52. The van der Waals surface area contributed by atoms with Gasteiger partial charge in [-0.05, 0) is 73.9 Å². The summed E-state index contributed by atoms with van der Waals surface area (Å²) in [6.45, 7) is 3.50. The highest BCUT2D eigenvalue weighted by Gasteiger charge is 2.54. The summed E-state index contributed by atoms with van der Waals surface area (Å²) in [5.74, 6) is 4.52.